The van der Waals surface area contributed by atoms with Crippen molar-refractivity contribution >= 4 is 23.2 Å². The summed E-state index contributed by atoms with van der Waals surface area (Å²) in [6, 6.07) is 6.36. The fraction of sp³-hybridized carbons (Fsp3) is 0.571. The number of hydrogen-bond acceptors (Lipinski definition) is 1. The molecular formula is C14H19Cl2N. The van der Waals surface area contributed by atoms with Gasteiger partial charge in [-0.15, -0.1) is 0 Å². The van der Waals surface area contributed by atoms with Crippen LogP contribution >= 0.6 is 23.2 Å². The molecule has 0 heterocycles. The van der Waals surface area contributed by atoms with Gasteiger partial charge in [-0.1, -0.05) is 43.1 Å². The first kappa shape index (κ1) is 13.2. The van der Waals surface area contributed by atoms with Gasteiger partial charge in [0, 0.05) is 6.04 Å². The normalized spacial score (nSPS) is 19.1. The molecule has 2 atom stereocenters. The molecule has 0 aliphatic heterocycles. The van der Waals surface area contributed by atoms with Gasteiger partial charge in [0.15, 0.2) is 0 Å². The predicted octanol–water partition coefficient (Wildman–Crippen LogP) is 4.69. The molecule has 2 rings (SSSR count). The Morgan fingerprint density at radius 2 is 2.00 bits per heavy atom. The summed E-state index contributed by atoms with van der Waals surface area (Å²) in [5.41, 5.74) is 1.25. The Kier molecular flexibility index (Phi) is 4.35. The molecule has 1 aromatic rings. The van der Waals surface area contributed by atoms with Gasteiger partial charge in [0.05, 0.1) is 10.0 Å². The third-order valence-electron chi connectivity index (χ3n) is 3.62. The van der Waals surface area contributed by atoms with Gasteiger partial charge in [0.2, 0.25) is 0 Å². The van der Waals surface area contributed by atoms with Crippen LogP contribution in [-0.4, -0.2) is 6.54 Å². The van der Waals surface area contributed by atoms with Gasteiger partial charge in [0.1, 0.15) is 0 Å². The quantitative estimate of drug-likeness (QED) is 0.819. The first-order chi connectivity index (χ1) is 8.13. The summed E-state index contributed by atoms with van der Waals surface area (Å²) >= 11 is 12.1. The van der Waals surface area contributed by atoms with Crippen molar-refractivity contribution in [1.82, 2.24) is 5.32 Å². The maximum atomic E-state index is 6.10. The summed E-state index contributed by atoms with van der Waals surface area (Å²) in [6.45, 7) is 5.44. The first-order valence-electron chi connectivity index (χ1n) is 6.31. The van der Waals surface area contributed by atoms with E-state index in [1.807, 2.05) is 12.1 Å². The van der Waals surface area contributed by atoms with Crippen LogP contribution in [0.5, 0.6) is 0 Å². The van der Waals surface area contributed by atoms with Crippen molar-refractivity contribution in [3.05, 3.63) is 33.8 Å². The average Bonchev–Trinajstić information content (AvgIpc) is 3.13. The summed E-state index contributed by atoms with van der Waals surface area (Å²) in [4.78, 5) is 0. The summed E-state index contributed by atoms with van der Waals surface area (Å²) in [7, 11) is 0. The van der Waals surface area contributed by atoms with Crippen molar-refractivity contribution in [2.75, 3.05) is 6.54 Å². The highest BCUT2D eigenvalue weighted by Crippen LogP contribution is 2.43. The monoisotopic (exact) mass is 271 g/mol. The lowest BCUT2D eigenvalue weighted by Crippen LogP contribution is -2.27. The van der Waals surface area contributed by atoms with E-state index >= 15 is 0 Å². The Balaban J connectivity index is 2.21. The molecule has 1 saturated carbocycles. The van der Waals surface area contributed by atoms with E-state index in [0.717, 1.165) is 12.5 Å². The Morgan fingerprint density at radius 1 is 1.29 bits per heavy atom. The minimum Gasteiger partial charge on any atom is -0.310 e. The second kappa shape index (κ2) is 5.60. The van der Waals surface area contributed by atoms with Gasteiger partial charge < -0.3 is 5.32 Å². The van der Waals surface area contributed by atoms with Gasteiger partial charge in [-0.25, -0.2) is 0 Å². The molecule has 1 aliphatic rings. The van der Waals surface area contributed by atoms with Crippen LogP contribution in [0, 0.1) is 11.8 Å². The lowest BCUT2D eigenvalue weighted by Gasteiger charge is -2.25. The predicted molar refractivity (Wildman–Crippen MR) is 74.8 cm³/mol. The summed E-state index contributed by atoms with van der Waals surface area (Å²) in [5, 5.41) is 4.84. The molecular weight excluding hydrogens is 253 g/mol. The minimum absolute atomic E-state index is 0.391. The van der Waals surface area contributed by atoms with Crippen LogP contribution in [0.3, 0.4) is 0 Å². The van der Waals surface area contributed by atoms with E-state index in [1.54, 1.807) is 0 Å². The van der Waals surface area contributed by atoms with Crippen LogP contribution < -0.4 is 5.32 Å². The zero-order chi connectivity index (χ0) is 12.4. The Hall–Kier alpha value is -0.240. The molecule has 0 bridgehead atoms. The van der Waals surface area contributed by atoms with E-state index in [4.69, 9.17) is 23.2 Å². The highest BCUT2D eigenvalue weighted by Gasteiger charge is 2.33. The number of benzene rings is 1. The topological polar surface area (TPSA) is 12.0 Å². The van der Waals surface area contributed by atoms with Crippen LogP contribution in [0.2, 0.25) is 10.0 Å². The number of hydrogen-bond donors (Lipinski definition) is 1. The molecule has 1 aromatic carbocycles. The van der Waals surface area contributed by atoms with Gasteiger partial charge in [-0.2, -0.15) is 0 Å². The Bertz CT molecular complexity index is 388. The number of halogens is 2. The summed E-state index contributed by atoms with van der Waals surface area (Å²) < 4.78 is 0. The van der Waals surface area contributed by atoms with Crippen molar-refractivity contribution in [3.8, 4) is 0 Å². The zero-order valence-corrected chi connectivity index (χ0v) is 11.9. The Labute approximate surface area is 114 Å². The smallest absolute Gasteiger partial charge is 0.0595 e. The van der Waals surface area contributed by atoms with Crippen LogP contribution in [0.15, 0.2) is 18.2 Å². The van der Waals surface area contributed by atoms with E-state index < -0.39 is 0 Å². The van der Waals surface area contributed by atoms with Crippen molar-refractivity contribution in [1.29, 1.82) is 0 Å². The van der Waals surface area contributed by atoms with Gasteiger partial charge >= 0.3 is 0 Å². The standard InChI is InChI=1S/C14H19Cl2N/c1-3-17-14(9(2)10-4-5-10)11-6-7-12(15)13(16)8-11/h6-10,14,17H,3-5H2,1-2H3. The van der Waals surface area contributed by atoms with E-state index in [2.05, 4.69) is 25.2 Å². The summed E-state index contributed by atoms with van der Waals surface area (Å²) in [5.74, 6) is 1.53. The molecule has 0 aromatic heterocycles. The van der Waals surface area contributed by atoms with Crippen molar-refractivity contribution < 1.29 is 0 Å². The summed E-state index contributed by atoms with van der Waals surface area (Å²) in [6.07, 6.45) is 2.73. The van der Waals surface area contributed by atoms with Crippen molar-refractivity contribution in [3.63, 3.8) is 0 Å². The maximum absolute atomic E-state index is 6.10. The minimum atomic E-state index is 0.391. The van der Waals surface area contributed by atoms with E-state index in [1.165, 1.54) is 18.4 Å². The molecule has 17 heavy (non-hydrogen) atoms. The Morgan fingerprint density at radius 3 is 2.53 bits per heavy atom. The molecule has 0 spiro atoms. The zero-order valence-electron chi connectivity index (χ0n) is 10.3. The van der Waals surface area contributed by atoms with E-state index in [-0.39, 0.29) is 0 Å². The highest BCUT2D eigenvalue weighted by molar-refractivity contribution is 6.42. The molecule has 0 radical (unpaired) electrons. The molecule has 3 heteroatoms. The second-order valence-electron chi connectivity index (χ2n) is 4.91. The third kappa shape index (κ3) is 3.15. The number of nitrogens with one attached hydrogen (secondary N) is 1. The molecule has 0 saturated heterocycles. The van der Waals surface area contributed by atoms with Gasteiger partial charge in [0.25, 0.3) is 0 Å². The maximum Gasteiger partial charge on any atom is 0.0595 e. The molecule has 2 unspecified atom stereocenters. The van der Waals surface area contributed by atoms with Gasteiger partial charge in [-0.05, 0) is 48.9 Å². The molecule has 1 fully saturated rings. The van der Waals surface area contributed by atoms with E-state index in [0.29, 0.717) is 22.0 Å². The first-order valence-corrected chi connectivity index (χ1v) is 7.07. The largest absolute Gasteiger partial charge is 0.310 e. The highest BCUT2D eigenvalue weighted by atomic mass is 35.5. The molecule has 1 N–H and O–H groups in total. The van der Waals surface area contributed by atoms with Crippen LogP contribution in [0.4, 0.5) is 0 Å². The van der Waals surface area contributed by atoms with Crippen LogP contribution in [-0.2, 0) is 0 Å². The van der Waals surface area contributed by atoms with E-state index in [9.17, 15) is 0 Å². The van der Waals surface area contributed by atoms with Crippen molar-refractivity contribution in [2.24, 2.45) is 11.8 Å². The second-order valence-corrected chi connectivity index (χ2v) is 5.72. The fourth-order valence-electron chi connectivity index (χ4n) is 2.43. The van der Waals surface area contributed by atoms with Crippen LogP contribution in [0.1, 0.15) is 38.3 Å². The SMILES string of the molecule is CCNC(c1ccc(Cl)c(Cl)c1)C(C)C1CC1. The molecule has 0 amide bonds. The van der Waals surface area contributed by atoms with Crippen molar-refractivity contribution in [2.45, 2.75) is 32.7 Å². The number of rotatable bonds is 5. The fourth-order valence-corrected chi connectivity index (χ4v) is 2.73. The van der Waals surface area contributed by atoms with Gasteiger partial charge in [-0.3, -0.25) is 0 Å². The third-order valence-corrected chi connectivity index (χ3v) is 4.36. The molecule has 94 valence electrons. The molecule has 1 aliphatic carbocycles. The average molecular weight is 272 g/mol. The molecule has 1 nitrogen and oxygen atoms in total. The van der Waals surface area contributed by atoms with Crippen LogP contribution in [0.25, 0.3) is 0 Å². The lowest BCUT2D eigenvalue weighted by molar-refractivity contribution is 0.355. The lowest BCUT2D eigenvalue weighted by atomic mass is 9.90.